The molecule has 0 fully saturated rings. The Morgan fingerprint density at radius 1 is 1.31 bits per heavy atom. The number of benzene rings is 1. The van der Waals surface area contributed by atoms with E-state index >= 15 is 0 Å². The van der Waals surface area contributed by atoms with Gasteiger partial charge in [0.25, 0.3) is 0 Å². The molecule has 2 aromatic rings. The SMILES string of the molecule is Cc1ccc2c(c1)NC(c1cccnc1)S2. The third kappa shape index (κ3) is 1.67. The zero-order valence-corrected chi connectivity index (χ0v) is 9.79. The minimum atomic E-state index is 0.297. The van der Waals surface area contributed by atoms with Gasteiger partial charge in [0.1, 0.15) is 5.37 Å². The number of rotatable bonds is 1. The highest BCUT2D eigenvalue weighted by Crippen LogP contribution is 2.46. The average molecular weight is 228 g/mol. The fourth-order valence-corrected chi connectivity index (χ4v) is 2.95. The number of hydrogen-bond donors (Lipinski definition) is 1. The molecule has 0 bridgehead atoms. The van der Waals surface area contributed by atoms with Gasteiger partial charge in [-0.1, -0.05) is 23.9 Å². The molecule has 0 saturated heterocycles. The van der Waals surface area contributed by atoms with Crippen LogP contribution in [0.2, 0.25) is 0 Å². The Hall–Kier alpha value is -1.48. The molecular weight excluding hydrogens is 216 g/mol. The first kappa shape index (κ1) is 9.73. The first-order chi connectivity index (χ1) is 7.83. The molecule has 2 heterocycles. The van der Waals surface area contributed by atoms with E-state index in [1.54, 1.807) is 6.20 Å². The Morgan fingerprint density at radius 2 is 2.25 bits per heavy atom. The maximum atomic E-state index is 4.16. The second-order valence-corrected chi connectivity index (χ2v) is 5.08. The summed E-state index contributed by atoms with van der Waals surface area (Å²) in [5.41, 5.74) is 3.75. The molecule has 1 N–H and O–H groups in total. The summed E-state index contributed by atoms with van der Waals surface area (Å²) in [5.74, 6) is 0. The van der Waals surface area contributed by atoms with Crippen LogP contribution in [-0.4, -0.2) is 4.98 Å². The van der Waals surface area contributed by atoms with Crippen LogP contribution >= 0.6 is 11.8 Å². The molecule has 3 rings (SSSR count). The van der Waals surface area contributed by atoms with Crippen molar-refractivity contribution in [3.8, 4) is 0 Å². The summed E-state index contributed by atoms with van der Waals surface area (Å²) >= 11 is 1.85. The number of aromatic nitrogens is 1. The average Bonchev–Trinajstić information content (AvgIpc) is 2.73. The van der Waals surface area contributed by atoms with Gasteiger partial charge in [0, 0.05) is 28.5 Å². The second-order valence-electron chi connectivity index (χ2n) is 3.93. The number of aryl methyl sites for hydroxylation is 1. The van der Waals surface area contributed by atoms with Crippen LogP contribution in [0.15, 0.2) is 47.6 Å². The van der Waals surface area contributed by atoms with Crippen LogP contribution in [0.5, 0.6) is 0 Å². The Kier molecular flexibility index (Phi) is 2.33. The van der Waals surface area contributed by atoms with E-state index in [1.807, 2.05) is 24.0 Å². The molecule has 0 aliphatic carbocycles. The normalized spacial score (nSPS) is 17.9. The van der Waals surface area contributed by atoms with Gasteiger partial charge < -0.3 is 5.32 Å². The van der Waals surface area contributed by atoms with E-state index in [9.17, 15) is 0 Å². The lowest BCUT2D eigenvalue weighted by molar-refractivity contribution is 1.10. The molecule has 1 atom stereocenters. The molecule has 3 heteroatoms. The molecule has 1 unspecified atom stereocenters. The van der Waals surface area contributed by atoms with Gasteiger partial charge >= 0.3 is 0 Å². The van der Waals surface area contributed by atoms with Crippen LogP contribution in [0.3, 0.4) is 0 Å². The van der Waals surface area contributed by atoms with Gasteiger partial charge in [0.2, 0.25) is 0 Å². The summed E-state index contributed by atoms with van der Waals surface area (Å²) < 4.78 is 0. The third-order valence-electron chi connectivity index (χ3n) is 2.65. The lowest BCUT2D eigenvalue weighted by Crippen LogP contribution is -2.01. The summed E-state index contributed by atoms with van der Waals surface area (Å²) in [4.78, 5) is 5.48. The Labute approximate surface area is 99.1 Å². The van der Waals surface area contributed by atoms with E-state index < -0.39 is 0 Å². The molecule has 1 aromatic heterocycles. The quantitative estimate of drug-likeness (QED) is 0.807. The molecule has 0 amide bonds. The van der Waals surface area contributed by atoms with Crippen molar-refractivity contribution in [3.63, 3.8) is 0 Å². The van der Waals surface area contributed by atoms with E-state index in [2.05, 4.69) is 41.5 Å². The first-order valence-corrected chi connectivity index (χ1v) is 6.15. The van der Waals surface area contributed by atoms with Crippen LogP contribution in [0.4, 0.5) is 5.69 Å². The Bertz CT molecular complexity index is 511. The minimum absolute atomic E-state index is 0.297. The topological polar surface area (TPSA) is 24.9 Å². The van der Waals surface area contributed by atoms with E-state index in [1.165, 1.54) is 21.7 Å². The number of thioether (sulfide) groups is 1. The third-order valence-corrected chi connectivity index (χ3v) is 3.89. The zero-order chi connectivity index (χ0) is 11.0. The number of pyridine rings is 1. The van der Waals surface area contributed by atoms with Crippen LogP contribution in [-0.2, 0) is 0 Å². The summed E-state index contributed by atoms with van der Waals surface area (Å²) in [5, 5.41) is 3.81. The zero-order valence-electron chi connectivity index (χ0n) is 8.97. The van der Waals surface area contributed by atoms with Gasteiger partial charge in [-0.05, 0) is 30.7 Å². The van der Waals surface area contributed by atoms with Crippen molar-refractivity contribution < 1.29 is 0 Å². The number of nitrogens with zero attached hydrogens (tertiary/aromatic N) is 1. The van der Waals surface area contributed by atoms with Gasteiger partial charge in [-0.3, -0.25) is 4.98 Å². The maximum Gasteiger partial charge on any atom is 0.104 e. The van der Waals surface area contributed by atoms with Crippen LogP contribution in [0.1, 0.15) is 16.5 Å². The molecule has 16 heavy (non-hydrogen) atoms. The van der Waals surface area contributed by atoms with Crippen molar-refractivity contribution in [1.29, 1.82) is 0 Å². The monoisotopic (exact) mass is 228 g/mol. The largest absolute Gasteiger partial charge is 0.368 e. The Balaban J connectivity index is 1.91. The first-order valence-electron chi connectivity index (χ1n) is 5.27. The van der Waals surface area contributed by atoms with Gasteiger partial charge in [-0.15, -0.1) is 0 Å². The van der Waals surface area contributed by atoms with Crippen molar-refractivity contribution in [2.75, 3.05) is 5.32 Å². The van der Waals surface area contributed by atoms with E-state index in [4.69, 9.17) is 0 Å². The van der Waals surface area contributed by atoms with Gasteiger partial charge in [0.15, 0.2) is 0 Å². The second kappa shape index (κ2) is 3.83. The van der Waals surface area contributed by atoms with Crippen LogP contribution in [0, 0.1) is 6.92 Å². The van der Waals surface area contributed by atoms with E-state index in [0.29, 0.717) is 5.37 Å². The molecular formula is C13H12N2S. The predicted molar refractivity (Wildman–Crippen MR) is 67.6 cm³/mol. The van der Waals surface area contributed by atoms with Gasteiger partial charge in [-0.25, -0.2) is 0 Å². The lowest BCUT2D eigenvalue weighted by atomic mass is 10.2. The fourth-order valence-electron chi connectivity index (χ4n) is 1.84. The number of anilines is 1. The smallest absolute Gasteiger partial charge is 0.104 e. The van der Waals surface area contributed by atoms with Gasteiger partial charge in [0.05, 0.1) is 0 Å². The summed E-state index contributed by atoms with van der Waals surface area (Å²) in [6, 6.07) is 10.6. The lowest BCUT2D eigenvalue weighted by Gasteiger charge is -2.09. The number of hydrogen-bond acceptors (Lipinski definition) is 3. The molecule has 2 nitrogen and oxygen atoms in total. The van der Waals surface area contributed by atoms with Crippen molar-refractivity contribution in [3.05, 3.63) is 53.9 Å². The molecule has 1 aliphatic rings. The highest BCUT2D eigenvalue weighted by Gasteiger charge is 2.22. The molecule has 80 valence electrons. The molecule has 1 aliphatic heterocycles. The number of nitrogens with one attached hydrogen (secondary N) is 1. The molecule has 0 spiro atoms. The van der Waals surface area contributed by atoms with Crippen molar-refractivity contribution >= 4 is 17.4 Å². The Morgan fingerprint density at radius 3 is 3.06 bits per heavy atom. The minimum Gasteiger partial charge on any atom is -0.368 e. The molecule has 0 saturated carbocycles. The fraction of sp³-hybridized carbons (Fsp3) is 0.154. The molecule has 0 radical (unpaired) electrons. The highest BCUT2D eigenvalue weighted by atomic mass is 32.2. The van der Waals surface area contributed by atoms with Crippen LogP contribution < -0.4 is 5.32 Å². The van der Waals surface area contributed by atoms with Crippen molar-refractivity contribution in [2.24, 2.45) is 0 Å². The van der Waals surface area contributed by atoms with Crippen LogP contribution in [0.25, 0.3) is 0 Å². The van der Waals surface area contributed by atoms with Gasteiger partial charge in [-0.2, -0.15) is 0 Å². The summed E-state index contributed by atoms with van der Waals surface area (Å²) in [6.45, 7) is 2.12. The van der Waals surface area contributed by atoms with Crippen molar-refractivity contribution in [1.82, 2.24) is 4.98 Å². The summed E-state index contributed by atoms with van der Waals surface area (Å²) in [6.07, 6.45) is 3.73. The van der Waals surface area contributed by atoms with E-state index in [-0.39, 0.29) is 0 Å². The predicted octanol–water partition coefficient (Wildman–Crippen LogP) is 3.61. The van der Waals surface area contributed by atoms with E-state index in [0.717, 1.165) is 0 Å². The maximum absolute atomic E-state index is 4.16. The highest BCUT2D eigenvalue weighted by molar-refractivity contribution is 8.00. The molecule has 1 aromatic carbocycles. The number of fused-ring (bicyclic) bond motifs is 1. The summed E-state index contributed by atoms with van der Waals surface area (Å²) in [7, 11) is 0. The standard InChI is InChI=1S/C13H12N2S/c1-9-4-5-12-11(7-9)15-13(16-12)10-3-2-6-14-8-10/h2-8,13,15H,1H3. The van der Waals surface area contributed by atoms with Crippen molar-refractivity contribution in [2.45, 2.75) is 17.2 Å².